The first kappa shape index (κ1) is 15.8. The summed E-state index contributed by atoms with van der Waals surface area (Å²) in [7, 11) is 1.65. The van der Waals surface area contributed by atoms with Crippen molar-refractivity contribution in [2.24, 2.45) is 5.73 Å². The summed E-state index contributed by atoms with van der Waals surface area (Å²) < 4.78 is 10.6. The number of nitrogens with two attached hydrogens (primary N) is 1. The van der Waals surface area contributed by atoms with Crippen molar-refractivity contribution in [1.82, 2.24) is 5.32 Å². The van der Waals surface area contributed by atoms with Crippen molar-refractivity contribution < 1.29 is 14.3 Å². The number of hydrogen-bond donors (Lipinski definition) is 2. The lowest BCUT2D eigenvalue weighted by molar-refractivity contribution is -0.127. The lowest BCUT2D eigenvalue weighted by Crippen LogP contribution is -2.37. The molecular formula is C16H24N2O3. The number of carbonyl (C=O) groups is 1. The predicted molar refractivity (Wildman–Crippen MR) is 81.3 cm³/mol. The Hall–Kier alpha value is -1.59. The first-order valence-electron chi connectivity index (χ1n) is 7.43. The normalized spacial score (nSPS) is 18.1. The summed E-state index contributed by atoms with van der Waals surface area (Å²) in [6, 6.07) is 6.02. The van der Waals surface area contributed by atoms with Gasteiger partial charge in [0.25, 0.3) is 5.91 Å². The zero-order valence-corrected chi connectivity index (χ0v) is 12.7. The molecule has 0 radical (unpaired) electrons. The number of rotatable bonds is 7. The van der Waals surface area contributed by atoms with Gasteiger partial charge < -0.3 is 20.5 Å². The Morgan fingerprint density at radius 1 is 1.52 bits per heavy atom. The molecule has 1 unspecified atom stereocenters. The Morgan fingerprint density at radius 2 is 2.33 bits per heavy atom. The fourth-order valence-electron chi connectivity index (χ4n) is 2.53. The van der Waals surface area contributed by atoms with E-state index in [1.54, 1.807) is 14.0 Å². The minimum absolute atomic E-state index is 0.108. The van der Waals surface area contributed by atoms with Crippen molar-refractivity contribution in [3.63, 3.8) is 0 Å². The van der Waals surface area contributed by atoms with Crippen LogP contribution >= 0.6 is 0 Å². The fourth-order valence-corrected chi connectivity index (χ4v) is 2.53. The van der Waals surface area contributed by atoms with Crippen molar-refractivity contribution in [2.75, 3.05) is 20.3 Å². The van der Waals surface area contributed by atoms with Gasteiger partial charge in [-0.2, -0.15) is 0 Å². The van der Waals surface area contributed by atoms with Crippen LogP contribution in [0.25, 0.3) is 0 Å². The smallest absolute Gasteiger partial charge is 0.260 e. The average Bonchev–Trinajstić information content (AvgIpc) is 2.84. The van der Waals surface area contributed by atoms with E-state index >= 15 is 0 Å². The van der Waals surface area contributed by atoms with E-state index in [4.69, 9.17) is 15.2 Å². The molecule has 0 aromatic heterocycles. The second-order valence-electron chi connectivity index (χ2n) is 5.40. The molecule has 2 atom stereocenters. The van der Waals surface area contributed by atoms with Gasteiger partial charge in [-0.1, -0.05) is 6.07 Å². The molecule has 1 aliphatic carbocycles. The first-order valence-corrected chi connectivity index (χ1v) is 7.43. The average molecular weight is 292 g/mol. The molecule has 116 valence electrons. The highest BCUT2D eigenvalue weighted by Crippen LogP contribution is 2.32. The second-order valence-corrected chi connectivity index (χ2v) is 5.40. The quantitative estimate of drug-likeness (QED) is 0.748. The summed E-state index contributed by atoms with van der Waals surface area (Å²) in [6.07, 6.45) is 2.24. The molecule has 0 spiro atoms. The molecule has 0 fully saturated rings. The van der Waals surface area contributed by atoms with E-state index in [2.05, 4.69) is 5.32 Å². The van der Waals surface area contributed by atoms with E-state index in [0.717, 1.165) is 25.0 Å². The number of aryl methyl sites for hydroxylation is 1. The number of methoxy groups -OCH3 is 1. The van der Waals surface area contributed by atoms with E-state index in [9.17, 15) is 4.79 Å². The third kappa shape index (κ3) is 4.19. The molecule has 0 bridgehead atoms. The molecule has 0 saturated heterocycles. The van der Waals surface area contributed by atoms with Crippen LogP contribution in [-0.4, -0.2) is 32.3 Å². The molecule has 1 aromatic rings. The Morgan fingerprint density at radius 3 is 3.10 bits per heavy atom. The zero-order chi connectivity index (χ0) is 15.2. The van der Waals surface area contributed by atoms with Crippen LogP contribution in [0, 0.1) is 0 Å². The first-order chi connectivity index (χ1) is 10.1. The number of hydrogen-bond acceptors (Lipinski definition) is 4. The molecule has 1 amide bonds. The van der Waals surface area contributed by atoms with Crippen molar-refractivity contribution in [3.8, 4) is 5.75 Å². The Kier molecular flexibility index (Phi) is 5.59. The number of amides is 1. The van der Waals surface area contributed by atoms with Gasteiger partial charge in [0.2, 0.25) is 0 Å². The second kappa shape index (κ2) is 7.43. The number of benzene rings is 1. The molecule has 2 rings (SSSR count). The minimum atomic E-state index is -0.513. The van der Waals surface area contributed by atoms with Gasteiger partial charge in [0.15, 0.2) is 6.10 Å². The van der Waals surface area contributed by atoms with Gasteiger partial charge >= 0.3 is 0 Å². The molecule has 1 aromatic carbocycles. The summed E-state index contributed by atoms with van der Waals surface area (Å²) in [5.74, 6) is 0.616. The summed E-state index contributed by atoms with van der Waals surface area (Å²) in [6.45, 7) is 2.99. The SMILES string of the molecule is COCCCNC(=O)C(C)Oc1ccc2c(c1)CC[C@@H]2N. The third-order valence-corrected chi connectivity index (χ3v) is 3.75. The molecule has 0 heterocycles. The highest BCUT2D eigenvalue weighted by atomic mass is 16.5. The summed E-state index contributed by atoms with van der Waals surface area (Å²) >= 11 is 0. The van der Waals surface area contributed by atoms with E-state index in [1.165, 1.54) is 11.1 Å². The summed E-state index contributed by atoms with van der Waals surface area (Å²) in [5.41, 5.74) is 8.43. The van der Waals surface area contributed by atoms with Gasteiger partial charge in [-0.3, -0.25) is 4.79 Å². The number of ether oxygens (including phenoxy) is 2. The van der Waals surface area contributed by atoms with E-state index < -0.39 is 6.10 Å². The lowest BCUT2D eigenvalue weighted by Gasteiger charge is -2.15. The number of carbonyl (C=O) groups excluding carboxylic acids is 1. The van der Waals surface area contributed by atoms with Gasteiger partial charge in [-0.25, -0.2) is 0 Å². The molecule has 5 heteroatoms. The maximum absolute atomic E-state index is 11.9. The van der Waals surface area contributed by atoms with Crippen LogP contribution < -0.4 is 15.8 Å². The van der Waals surface area contributed by atoms with E-state index in [0.29, 0.717) is 13.2 Å². The van der Waals surface area contributed by atoms with Gasteiger partial charge in [-0.05, 0) is 49.4 Å². The fraction of sp³-hybridized carbons (Fsp3) is 0.562. The highest BCUT2D eigenvalue weighted by Gasteiger charge is 2.20. The Labute approximate surface area is 125 Å². The van der Waals surface area contributed by atoms with Crippen molar-refractivity contribution in [3.05, 3.63) is 29.3 Å². The summed E-state index contributed by atoms with van der Waals surface area (Å²) in [5, 5.41) is 2.83. The molecular weight excluding hydrogens is 268 g/mol. The van der Waals surface area contributed by atoms with Crippen LogP contribution in [-0.2, 0) is 16.0 Å². The number of fused-ring (bicyclic) bond motifs is 1. The minimum Gasteiger partial charge on any atom is -0.481 e. The van der Waals surface area contributed by atoms with Crippen LogP contribution in [0.15, 0.2) is 18.2 Å². The van der Waals surface area contributed by atoms with E-state index in [-0.39, 0.29) is 11.9 Å². The maximum Gasteiger partial charge on any atom is 0.260 e. The number of nitrogens with one attached hydrogen (secondary N) is 1. The molecule has 0 saturated carbocycles. The third-order valence-electron chi connectivity index (χ3n) is 3.75. The maximum atomic E-state index is 11.9. The zero-order valence-electron chi connectivity index (χ0n) is 12.7. The Balaban J connectivity index is 1.85. The van der Waals surface area contributed by atoms with Crippen molar-refractivity contribution in [1.29, 1.82) is 0 Å². The predicted octanol–water partition coefficient (Wildman–Crippen LogP) is 1.55. The topological polar surface area (TPSA) is 73.6 Å². The van der Waals surface area contributed by atoms with Gasteiger partial charge in [-0.15, -0.1) is 0 Å². The molecule has 0 aliphatic heterocycles. The van der Waals surface area contributed by atoms with Crippen LogP contribution in [0.4, 0.5) is 0 Å². The van der Waals surface area contributed by atoms with Gasteiger partial charge in [0.1, 0.15) is 5.75 Å². The Bertz CT molecular complexity index is 490. The summed E-state index contributed by atoms with van der Waals surface area (Å²) in [4.78, 5) is 11.9. The van der Waals surface area contributed by atoms with E-state index in [1.807, 2.05) is 18.2 Å². The van der Waals surface area contributed by atoms with Gasteiger partial charge in [0, 0.05) is 26.3 Å². The van der Waals surface area contributed by atoms with Crippen molar-refractivity contribution >= 4 is 5.91 Å². The highest BCUT2D eigenvalue weighted by molar-refractivity contribution is 5.80. The lowest BCUT2D eigenvalue weighted by atomic mass is 10.1. The van der Waals surface area contributed by atoms with Crippen LogP contribution in [0.3, 0.4) is 0 Å². The van der Waals surface area contributed by atoms with Crippen LogP contribution in [0.5, 0.6) is 5.75 Å². The molecule has 1 aliphatic rings. The molecule has 21 heavy (non-hydrogen) atoms. The van der Waals surface area contributed by atoms with Crippen LogP contribution in [0.1, 0.15) is 36.9 Å². The van der Waals surface area contributed by atoms with Crippen molar-refractivity contribution in [2.45, 2.75) is 38.3 Å². The van der Waals surface area contributed by atoms with Crippen LogP contribution in [0.2, 0.25) is 0 Å². The molecule has 3 N–H and O–H groups in total. The van der Waals surface area contributed by atoms with Gasteiger partial charge in [0.05, 0.1) is 0 Å². The standard InChI is InChI=1S/C16H24N2O3/c1-11(16(19)18-8-3-9-20-2)21-13-5-6-14-12(10-13)4-7-15(14)17/h5-6,10-11,15H,3-4,7-9,17H2,1-2H3,(H,18,19)/t11?,15-/m0/s1. The molecule has 5 nitrogen and oxygen atoms in total. The monoisotopic (exact) mass is 292 g/mol. The largest absolute Gasteiger partial charge is 0.481 e.